The molecule has 1 fully saturated rings. The first kappa shape index (κ1) is 12.5. The van der Waals surface area contributed by atoms with E-state index in [1.807, 2.05) is 0 Å². The van der Waals surface area contributed by atoms with E-state index in [2.05, 4.69) is 15.0 Å². The van der Waals surface area contributed by atoms with Gasteiger partial charge in [0.2, 0.25) is 5.28 Å². The van der Waals surface area contributed by atoms with E-state index in [1.54, 1.807) is 4.57 Å². The van der Waals surface area contributed by atoms with Crippen molar-refractivity contribution < 1.29 is 14.9 Å². The second-order valence-electron chi connectivity index (χ2n) is 4.32. The Morgan fingerprint density at radius 3 is 3.00 bits per heavy atom. The monoisotopic (exact) mass is 285 g/mol. The lowest BCUT2D eigenvalue weighted by Gasteiger charge is -2.14. The summed E-state index contributed by atoms with van der Waals surface area (Å²) in [6.07, 6.45) is 0.0186. The van der Waals surface area contributed by atoms with Gasteiger partial charge in [-0.2, -0.15) is 9.97 Å². The summed E-state index contributed by atoms with van der Waals surface area (Å²) in [6.45, 7) is -0.248. The van der Waals surface area contributed by atoms with E-state index in [4.69, 9.17) is 27.2 Å². The SMILES string of the molecule is Nc1nc(Cl)nc2ncn([C@H]3C[C@H](O)[C@@H](CO)O3)c12. The Balaban J connectivity index is 2.03. The third-order valence-electron chi connectivity index (χ3n) is 3.12. The molecule has 2 aromatic heterocycles. The zero-order chi connectivity index (χ0) is 13.6. The van der Waals surface area contributed by atoms with Gasteiger partial charge in [-0.05, 0) is 11.6 Å². The van der Waals surface area contributed by atoms with Crippen LogP contribution in [0.5, 0.6) is 0 Å². The molecule has 19 heavy (non-hydrogen) atoms. The van der Waals surface area contributed by atoms with Crippen molar-refractivity contribution in [2.45, 2.75) is 24.9 Å². The molecule has 0 unspecified atom stereocenters. The minimum atomic E-state index is -0.734. The minimum absolute atomic E-state index is 0.0239. The fourth-order valence-electron chi connectivity index (χ4n) is 2.21. The number of rotatable bonds is 2. The van der Waals surface area contributed by atoms with Gasteiger partial charge in [-0.3, -0.25) is 4.57 Å². The van der Waals surface area contributed by atoms with Crippen molar-refractivity contribution in [2.24, 2.45) is 0 Å². The van der Waals surface area contributed by atoms with Gasteiger partial charge in [-0.1, -0.05) is 0 Å². The van der Waals surface area contributed by atoms with Crippen molar-refractivity contribution in [2.75, 3.05) is 12.3 Å². The summed E-state index contributed by atoms with van der Waals surface area (Å²) in [5.74, 6) is 0.193. The van der Waals surface area contributed by atoms with Gasteiger partial charge in [0.05, 0.1) is 19.0 Å². The van der Waals surface area contributed by atoms with Crippen LogP contribution in [0, 0.1) is 0 Å². The molecular weight excluding hydrogens is 274 g/mol. The molecule has 8 nitrogen and oxygen atoms in total. The molecule has 0 radical (unpaired) electrons. The normalized spacial score (nSPS) is 27.2. The minimum Gasteiger partial charge on any atom is -0.394 e. The maximum atomic E-state index is 9.74. The smallest absolute Gasteiger partial charge is 0.226 e. The number of aliphatic hydroxyl groups excluding tert-OH is 2. The number of nitrogens with two attached hydrogens (primary N) is 1. The van der Waals surface area contributed by atoms with E-state index in [0.29, 0.717) is 17.6 Å². The number of fused-ring (bicyclic) bond motifs is 1. The Hall–Kier alpha value is -1.48. The van der Waals surface area contributed by atoms with Crippen LogP contribution in [0.1, 0.15) is 12.6 Å². The van der Waals surface area contributed by atoms with E-state index in [9.17, 15) is 5.11 Å². The van der Waals surface area contributed by atoms with E-state index in [0.717, 1.165) is 0 Å². The van der Waals surface area contributed by atoms with Crippen molar-refractivity contribution in [3.63, 3.8) is 0 Å². The van der Waals surface area contributed by atoms with Gasteiger partial charge in [-0.15, -0.1) is 0 Å². The molecule has 0 aliphatic carbocycles. The zero-order valence-electron chi connectivity index (χ0n) is 9.77. The number of halogens is 1. The third-order valence-corrected chi connectivity index (χ3v) is 3.29. The Kier molecular flexibility index (Phi) is 3.02. The van der Waals surface area contributed by atoms with E-state index in [-0.39, 0.29) is 17.7 Å². The van der Waals surface area contributed by atoms with Crippen LogP contribution in [0.2, 0.25) is 5.28 Å². The van der Waals surface area contributed by atoms with Crippen molar-refractivity contribution >= 4 is 28.6 Å². The standard InChI is InChI=1S/C10H12ClN5O3/c11-10-14-8(12)7-9(15-10)13-3-16(7)6-1-4(18)5(2-17)19-6/h3-6,17-18H,1-2H2,(H2,12,14,15)/t4-,5+,6+/m0/s1. The Morgan fingerprint density at radius 2 is 2.32 bits per heavy atom. The van der Waals surface area contributed by atoms with Crippen molar-refractivity contribution in [1.82, 2.24) is 19.5 Å². The number of imidazole rings is 1. The van der Waals surface area contributed by atoms with E-state index < -0.39 is 18.4 Å². The summed E-state index contributed by atoms with van der Waals surface area (Å²) in [4.78, 5) is 11.9. The van der Waals surface area contributed by atoms with Gasteiger partial charge in [0, 0.05) is 6.42 Å². The van der Waals surface area contributed by atoms with Gasteiger partial charge in [0.15, 0.2) is 11.5 Å². The molecule has 1 saturated heterocycles. The summed E-state index contributed by atoms with van der Waals surface area (Å²) in [7, 11) is 0. The molecule has 1 aliphatic rings. The maximum Gasteiger partial charge on any atom is 0.226 e. The number of hydrogen-bond donors (Lipinski definition) is 3. The molecule has 4 N–H and O–H groups in total. The van der Waals surface area contributed by atoms with Gasteiger partial charge in [-0.25, -0.2) is 4.98 Å². The molecule has 0 bridgehead atoms. The number of nitrogens with zero attached hydrogens (tertiary/aromatic N) is 4. The first-order valence-electron chi connectivity index (χ1n) is 5.70. The molecule has 0 spiro atoms. The first-order chi connectivity index (χ1) is 9.10. The predicted molar refractivity (Wildman–Crippen MR) is 66.4 cm³/mol. The lowest BCUT2D eigenvalue weighted by Crippen LogP contribution is -2.24. The highest BCUT2D eigenvalue weighted by atomic mass is 35.5. The number of nitrogen functional groups attached to an aromatic ring is 1. The molecule has 3 heterocycles. The molecule has 9 heteroatoms. The van der Waals surface area contributed by atoms with Gasteiger partial charge in [0.1, 0.15) is 17.8 Å². The number of aromatic nitrogens is 4. The molecule has 1 aliphatic heterocycles. The van der Waals surface area contributed by atoms with Gasteiger partial charge in [0.25, 0.3) is 0 Å². The second-order valence-corrected chi connectivity index (χ2v) is 4.65. The van der Waals surface area contributed by atoms with E-state index in [1.165, 1.54) is 6.33 Å². The number of ether oxygens (including phenoxy) is 1. The van der Waals surface area contributed by atoms with Crippen molar-refractivity contribution in [3.05, 3.63) is 11.6 Å². The largest absolute Gasteiger partial charge is 0.394 e. The number of aliphatic hydroxyl groups is 2. The molecule has 0 aromatic carbocycles. The average Bonchev–Trinajstić information content (AvgIpc) is 2.92. The van der Waals surface area contributed by atoms with Crippen LogP contribution in [0.15, 0.2) is 6.33 Å². The fourth-order valence-corrected chi connectivity index (χ4v) is 2.38. The number of hydrogen-bond acceptors (Lipinski definition) is 7. The van der Waals surface area contributed by atoms with Crippen molar-refractivity contribution in [1.29, 1.82) is 0 Å². The van der Waals surface area contributed by atoms with Crippen molar-refractivity contribution in [3.8, 4) is 0 Å². The highest BCUT2D eigenvalue weighted by Crippen LogP contribution is 2.32. The van der Waals surface area contributed by atoms with Gasteiger partial charge >= 0.3 is 0 Å². The molecule has 0 saturated carbocycles. The summed E-state index contributed by atoms with van der Waals surface area (Å²) in [5.41, 5.74) is 6.67. The molecule has 3 rings (SSSR count). The highest BCUT2D eigenvalue weighted by Gasteiger charge is 2.35. The Morgan fingerprint density at radius 1 is 1.53 bits per heavy atom. The summed E-state index contributed by atoms with van der Waals surface area (Å²) >= 11 is 5.71. The van der Waals surface area contributed by atoms with E-state index >= 15 is 0 Å². The summed E-state index contributed by atoms with van der Waals surface area (Å²) < 4.78 is 7.18. The Bertz CT molecular complexity index is 618. The molecule has 2 aromatic rings. The molecular formula is C10H12ClN5O3. The average molecular weight is 286 g/mol. The van der Waals surface area contributed by atoms with Crippen LogP contribution in [-0.2, 0) is 4.74 Å². The van der Waals surface area contributed by atoms with Crippen LogP contribution in [0.4, 0.5) is 5.82 Å². The highest BCUT2D eigenvalue weighted by molar-refractivity contribution is 6.28. The van der Waals surface area contributed by atoms with Crippen LogP contribution in [-0.4, -0.2) is 48.5 Å². The lowest BCUT2D eigenvalue weighted by molar-refractivity contribution is -0.0430. The maximum absolute atomic E-state index is 9.74. The van der Waals surface area contributed by atoms with Crippen LogP contribution < -0.4 is 5.73 Å². The Labute approximate surface area is 112 Å². The van der Waals surface area contributed by atoms with Crippen LogP contribution in [0.25, 0.3) is 11.2 Å². The third kappa shape index (κ3) is 2.02. The van der Waals surface area contributed by atoms with Gasteiger partial charge < -0.3 is 20.7 Å². The zero-order valence-corrected chi connectivity index (χ0v) is 10.5. The topological polar surface area (TPSA) is 119 Å². The van der Waals surface area contributed by atoms with Crippen LogP contribution in [0.3, 0.4) is 0 Å². The predicted octanol–water partition coefficient (Wildman–Crippen LogP) is -0.297. The lowest BCUT2D eigenvalue weighted by atomic mass is 10.2. The second kappa shape index (κ2) is 4.57. The fraction of sp³-hybridized carbons (Fsp3) is 0.500. The molecule has 3 atom stereocenters. The summed E-state index contributed by atoms with van der Waals surface area (Å²) in [5, 5.41) is 18.8. The van der Waals surface area contributed by atoms with Crippen LogP contribution >= 0.6 is 11.6 Å². The summed E-state index contributed by atoms with van der Waals surface area (Å²) in [6, 6.07) is 0. The first-order valence-corrected chi connectivity index (χ1v) is 6.08. The molecule has 102 valence electrons. The number of anilines is 1. The quantitative estimate of drug-likeness (QED) is 0.648. The molecule has 0 amide bonds.